The van der Waals surface area contributed by atoms with Gasteiger partial charge in [0.05, 0.1) is 36.5 Å². The van der Waals surface area contributed by atoms with Gasteiger partial charge in [-0.2, -0.15) is 0 Å². The third-order valence-electron chi connectivity index (χ3n) is 16.9. The summed E-state index contributed by atoms with van der Waals surface area (Å²) in [4.78, 5) is 87.1. The Morgan fingerprint density at radius 3 is 1.97 bits per heavy atom. The summed E-state index contributed by atoms with van der Waals surface area (Å²) in [6.07, 6.45) is -2.94. The summed E-state index contributed by atoms with van der Waals surface area (Å²) in [5.74, 6) is -5.03. The number of ketones is 1. The summed E-state index contributed by atoms with van der Waals surface area (Å²) < 4.78 is 52.4. The molecule has 2 heterocycles. The lowest BCUT2D eigenvalue weighted by Gasteiger charge is -2.68. The number of carbonyl (C=O) groups excluding carboxylic acids is 6. The Kier molecular flexibility index (Phi) is 18.1. The minimum Gasteiger partial charge on any atom is -0.459 e. The normalized spacial score (nSPS) is 34.8. The van der Waals surface area contributed by atoms with E-state index in [1.165, 1.54) is 13.8 Å². The third-order valence-corrected chi connectivity index (χ3v) is 26.2. The van der Waals surface area contributed by atoms with Crippen LogP contribution in [0.1, 0.15) is 143 Å². The molecular weight excluding hydrogens is 947 g/mol. The number of hydrogen-bond donors (Lipinski definition) is 2. The van der Waals surface area contributed by atoms with Crippen LogP contribution in [0.25, 0.3) is 0 Å². The SMILES string of the molecule is CC[Si](CC)(CC)O[C@H]1C[C@H]2OC[C@@]2(OC(C)=O)[C@H]2[C@@H]3OC(=O)C/C=C\CC/C(C)=C/[C@H](NC(=O)OC(C)(C)C)[C@@H](O[Si](CC)(CC)CC)C(=O)O[C@H]4C[C@]3(O)C(C)(C)C(=C4C)[C@@H](OC(C)=O)C(=O)[C@]12C. The quantitative estimate of drug-likeness (QED) is 0.0764. The Bertz CT molecular complexity index is 2110. The molecule has 0 aromatic rings. The lowest BCUT2D eigenvalue weighted by Crippen LogP contribution is -2.82. The number of fused-ring (bicyclic) bond motifs is 6. The number of amides is 1. The van der Waals surface area contributed by atoms with Crippen molar-refractivity contribution in [1.82, 2.24) is 5.32 Å². The van der Waals surface area contributed by atoms with Crippen molar-refractivity contribution in [2.75, 3.05) is 6.61 Å². The Labute approximate surface area is 424 Å². The largest absolute Gasteiger partial charge is 0.459 e. The number of alkyl carbamates (subject to hydrolysis) is 1. The number of esters is 4. The molecule has 400 valence electrons. The van der Waals surface area contributed by atoms with E-state index in [0.29, 0.717) is 54.7 Å². The predicted octanol–water partition coefficient (Wildman–Crippen LogP) is 8.89. The van der Waals surface area contributed by atoms with E-state index in [1.807, 2.05) is 33.8 Å². The molecule has 0 unspecified atom stereocenters. The van der Waals surface area contributed by atoms with E-state index in [1.54, 1.807) is 60.6 Å². The molecule has 16 nitrogen and oxygen atoms in total. The maximum Gasteiger partial charge on any atom is 0.408 e. The second-order valence-electron chi connectivity index (χ2n) is 22.4. The van der Waals surface area contributed by atoms with Crippen molar-refractivity contribution in [2.24, 2.45) is 16.7 Å². The molecule has 3 bridgehead atoms. The Morgan fingerprint density at radius 2 is 1.45 bits per heavy atom. The number of carbonyl (C=O) groups is 6. The van der Waals surface area contributed by atoms with Crippen LogP contribution in [-0.2, 0) is 61.2 Å². The highest BCUT2D eigenvalue weighted by Gasteiger charge is 2.79. The van der Waals surface area contributed by atoms with E-state index < -0.39 is 135 Å². The van der Waals surface area contributed by atoms with Gasteiger partial charge in [0.1, 0.15) is 29.5 Å². The standard InChI is InChI=1S/C53H85NO15Si2/c1-17-70(18-2,19-3)68-38-29-39-52(31-62-39,66-35(10)56)44-46-53(61)30-37(33(8)41(50(53,14)15)43(63-34(9)55)45(58)51(38,44)16)64-47(59)42(69-71(20-4,21-5)22-6)36(54-48(60)67-49(11,12)13)28-32(7)26-24-23-25-27-40(57)65-46/h23,25,28,36-39,42-44,46,61H,17-22,24,26-27,29-31H2,1-16H3,(H,54,60)/b25-23-,32-28+/t36-,37-,38-,39+,42+,43+,44-,46-,51+,52-,53+/m0/s1. The van der Waals surface area contributed by atoms with Crippen molar-refractivity contribution in [3.05, 3.63) is 34.9 Å². The molecule has 1 amide bonds. The van der Waals surface area contributed by atoms with Gasteiger partial charge < -0.3 is 47.7 Å². The summed E-state index contributed by atoms with van der Waals surface area (Å²) in [7, 11) is -5.32. The van der Waals surface area contributed by atoms with Crippen molar-refractivity contribution >= 4 is 52.4 Å². The molecule has 5 aliphatic rings. The smallest absolute Gasteiger partial charge is 0.408 e. The molecule has 0 radical (unpaired) electrons. The Balaban J connectivity index is 1.89. The van der Waals surface area contributed by atoms with Gasteiger partial charge in [0.15, 0.2) is 40.2 Å². The molecule has 0 aromatic carbocycles. The number of rotatable bonds is 13. The molecule has 0 spiro atoms. The maximum atomic E-state index is 16.4. The molecule has 1 saturated heterocycles. The molecule has 3 fully saturated rings. The van der Waals surface area contributed by atoms with Crippen molar-refractivity contribution < 1.29 is 71.1 Å². The van der Waals surface area contributed by atoms with Crippen LogP contribution < -0.4 is 5.32 Å². The van der Waals surface area contributed by atoms with Crippen molar-refractivity contribution in [3.63, 3.8) is 0 Å². The molecule has 71 heavy (non-hydrogen) atoms. The van der Waals surface area contributed by atoms with E-state index in [-0.39, 0.29) is 25.0 Å². The lowest BCUT2D eigenvalue weighted by molar-refractivity contribution is -0.346. The van der Waals surface area contributed by atoms with Crippen LogP contribution in [0.15, 0.2) is 34.9 Å². The van der Waals surface area contributed by atoms with Gasteiger partial charge >= 0.3 is 30.0 Å². The minimum absolute atomic E-state index is 0.114. The van der Waals surface area contributed by atoms with E-state index in [0.717, 1.165) is 5.57 Å². The molecule has 3 aliphatic carbocycles. The lowest BCUT2D eigenvalue weighted by atomic mass is 9.44. The highest BCUT2D eigenvalue weighted by molar-refractivity contribution is 6.74. The number of aliphatic hydroxyl groups is 1. The van der Waals surface area contributed by atoms with Gasteiger partial charge in [0, 0.05) is 32.1 Å². The van der Waals surface area contributed by atoms with Crippen LogP contribution in [0.5, 0.6) is 0 Å². The van der Waals surface area contributed by atoms with Crippen molar-refractivity contribution in [3.8, 4) is 0 Å². The van der Waals surface area contributed by atoms with Crippen LogP contribution in [0.3, 0.4) is 0 Å². The van der Waals surface area contributed by atoms with E-state index >= 15 is 9.59 Å². The fourth-order valence-electron chi connectivity index (χ4n) is 12.3. The van der Waals surface area contributed by atoms with Gasteiger partial charge in [-0.05, 0) is 102 Å². The highest BCUT2D eigenvalue weighted by atomic mass is 28.4. The molecule has 2 aliphatic heterocycles. The summed E-state index contributed by atoms with van der Waals surface area (Å²) >= 11 is 0. The zero-order chi connectivity index (χ0) is 53.3. The summed E-state index contributed by atoms with van der Waals surface area (Å²) in [5, 5.41) is 17.1. The first-order chi connectivity index (χ1) is 33.0. The van der Waals surface area contributed by atoms with Crippen LogP contribution in [0.2, 0.25) is 36.3 Å². The van der Waals surface area contributed by atoms with Crippen molar-refractivity contribution in [2.45, 2.75) is 239 Å². The molecule has 18 heteroatoms. The Hall–Kier alpha value is -3.69. The molecule has 0 aromatic heterocycles. The van der Waals surface area contributed by atoms with Gasteiger partial charge in [0.2, 0.25) is 0 Å². The molecule has 11 atom stereocenters. The first-order valence-electron chi connectivity index (χ1n) is 26.1. The predicted molar refractivity (Wildman–Crippen MR) is 271 cm³/mol. The fourth-order valence-corrected chi connectivity index (χ4v) is 18.0. The van der Waals surface area contributed by atoms with Crippen LogP contribution in [-0.4, -0.2) is 124 Å². The molecular formula is C53H85NO15Si2. The summed E-state index contributed by atoms with van der Waals surface area (Å²) in [6, 6.07) is 2.99. The summed E-state index contributed by atoms with van der Waals surface area (Å²) in [6.45, 7) is 28.4. The van der Waals surface area contributed by atoms with Gasteiger partial charge in [-0.25, -0.2) is 9.59 Å². The number of Topliss-reactive ketones (excluding diaryl/α,β-unsaturated/α-hetero) is 1. The van der Waals surface area contributed by atoms with E-state index in [9.17, 15) is 24.3 Å². The third kappa shape index (κ3) is 11.2. The first-order valence-corrected chi connectivity index (χ1v) is 31.1. The molecule has 2 N–H and O–H groups in total. The topological polar surface area (TPSA) is 209 Å². The number of allylic oxidation sites excluding steroid dienone is 2. The van der Waals surface area contributed by atoms with Gasteiger partial charge in [-0.1, -0.05) is 79.2 Å². The van der Waals surface area contributed by atoms with Gasteiger partial charge in [-0.3, -0.25) is 19.2 Å². The number of hydrogen-bond acceptors (Lipinski definition) is 15. The average molecular weight is 1030 g/mol. The van der Waals surface area contributed by atoms with Gasteiger partial charge in [-0.15, -0.1) is 0 Å². The zero-order valence-corrected chi connectivity index (χ0v) is 47.5. The second-order valence-corrected chi connectivity index (χ2v) is 31.9. The Morgan fingerprint density at radius 1 is 0.859 bits per heavy atom. The fraction of sp³-hybridized carbons (Fsp3) is 0.774. The van der Waals surface area contributed by atoms with E-state index in [4.69, 9.17) is 37.3 Å². The zero-order valence-electron chi connectivity index (χ0n) is 45.5. The van der Waals surface area contributed by atoms with Crippen LogP contribution in [0, 0.1) is 16.7 Å². The van der Waals surface area contributed by atoms with Crippen molar-refractivity contribution in [1.29, 1.82) is 0 Å². The van der Waals surface area contributed by atoms with Crippen LogP contribution in [0.4, 0.5) is 4.79 Å². The second kappa shape index (κ2) is 22.0. The number of nitrogens with one attached hydrogen (secondary N) is 1. The van der Waals surface area contributed by atoms with E-state index in [2.05, 4.69) is 26.1 Å². The maximum absolute atomic E-state index is 16.4. The number of ether oxygens (including phenoxy) is 6. The first kappa shape index (κ1) is 58.2. The van der Waals surface area contributed by atoms with Crippen LogP contribution >= 0.6 is 0 Å². The monoisotopic (exact) mass is 1030 g/mol. The minimum atomic E-state index is -2.71. The molecule has 2 saturated carbocycles. The summed E-state index contributed by atoms with van der Waals surface area (Å²) in [5.41, 5.74) is -6.83. The van der Waals surface area contributed by atoms with Gasteiger partial charge in [0.25, 0.3) is 0 Å². The highest BCUT2D eigenvalue weighted by Crippen LogP contribution is 2.65. The average Bonchev–Trinajstić information content (AvgIpc) is 3.28. The molecule has 5 rings (SSSR count).